The molecule has 14 nitrogen and oxygen atoms in total. The smallest absolute Gasteiger partial charge is 0.312 e. The Labute approximate surface area is 356 Å². The number of cyclic esters (lactones) is 1. The molecule has 14 atom stereocenters. The van der Waals surface area contributed by atoms with E-state index in [1.807, 2.05) is 81.4 Å². The number of esters is 2. The number of carbonyl (C=O) groups is 2. The standard InChI is InChI=1S/C46H70N2O12/c1-11-36-46(8,54)41(51)30(4)38(47-56-24-18-23-55-34-21-16-13-17-22-34)28(2)27-45(7,53)42(60-44-39(50)35(48(9)10)25-29(3)57-44)31(5)40(32(6)43(52)58-36)59-37(49)26-33-19-14-12-15-20-33/h12-17,19-22,28-32,35-36,39-42,44,50-51,53-54H,11,18,23-27H2,1-10H3/b47-38+/t28-,29-,30+,31+,32-,35+,36-,39-,40+,41-,42-,44+,45?,46-/m1/s1. The van der Waals surface area contributed by atoms with Crippen LogP contribution in [0.2, 0.25) is 0 Å². The summed E-state index contributed by atoms with van der Waals surface area (Å²) in [6, 6.07) is 18.1. The second-order valence-electron chi connectivity index (χ2n) is 17.5. The van der Waals surface area contributed by atoms with Crippen molar-refractivity contribution < 1.29 is 58.5 Å². The maximum atomic E-state index is 14.2. The molecule has 336 valence electrons. The third kappa shape index (κ3) is 12.7. The van der Waals surface area contributed by atoms with Gasteiger partial charge < -0.3 is 53.8 Å². The first-order valence-corrected chi connectivity index (χ1v) is 21.4. The third-order valence-corrected chi connectivity index (χ3v) is 12.1. The Kier molecular flexibility index (Phi) is 17.9. The van der Waals surface area contributed by atoms with Crippen LogP contribution in [0.3, 0.4) is 0 Å². The van der Waals surface area contributed by atoms with E-state index in [9.17, 15) is 30.0 Å². The van der Waals surface area contributed by atoms with E-state index in [0.29, 0.717) is 30.7 Å². The SMILES string of the molecule is CC[C@H]1OC(=O)[C@H](C)[C@@H](OC(=O)Cc2ccccc2)[C@H](C)[C@@H](O[C@@H]2O[C@H](C)C[C@H](N(C)C)[C@H]2O)C(C)(O)C[C@@H](C)/C(=N\OCCCOc2ccccc2)[C@H](C)[C@@H](O)[C@]1(C)O. The van der Waals surface area contributed by atoms with Crippen molar-refractivity contribution in [1.82, 2.24) is 4.90 Å². The molecular weight excluding hydrogens is 773 g/mol. The number of nitrogens with zero attached hydrogens (tertiary/aromatic N) is 2. The largest absolute Gasteiger partial charge is 0.493 e. The Balaban J connectivity index is 1.77. The Bertz CT molecular complexity index is 1660. The molecule has 4 rings (SSSR count). The molecule has 4 N–H and O–H groups in total. The monoisotopic (exact) mass is 842 g/mol. The molecule has 2 fully saturated rings. The molecule has 0 aromatic heterocycles. The van der Waals surface area contributed by atoms with E-state index in [-0.39, 0.29) is 38.0 Å². The predicted octanol–water partition coefficient (Wildman–Crippen LogP) is 4.93. The molecule has 0 spiro atoms. The van der Waals surface area contributed by atoms with E-state index in [1.165, 1.54) is 6.92 Å². The van der Waals surface area contributed by atoms with Crippen molar-refractivity contribution in [3.05, 3.63) is 66.2 Å². The van der Waals surface area contributed by atoms with Gasteiger partial charge in [0.1, 0.15) is 36.3 Å². The fourth-order valence-electron chi connectivity index (χ4n) is 8.70. The van der Waals surface area contributed by atoms with Gasteiger partial charge in [0.15, 0.2) is 6.29 Å². The Morgan fingerprint density at radius 2 is 1.57 bits per heavy atom. The maximum absolute atomic E-state index is 14.2. The second kappa shape index (κ2) is 21.9. The highest BCUT2D eigenvalue weighted by atomic mass is 16.7. The number of aliphatic hydroxyl groups is 4. The van der Waals surface area contributed by atoms with Gasteiger partial charge in [0, 0.05) is 30.2 Å². The summed E-state index contributed by atoms with van der Waals surface area (Å²) in [5.41, 5.74) is -2.71. The third-order valence-electron chi connectivity index (χ3n) is 12.1. The number of likely N-dealkylation sites (N-methyl/N-ethyl adjacent to an activating group) is 1. The highest BCUT2D eigenvalue weighted by Gasteiger charge is 2.52. The van der Waals surface area contributed by atoms with Crippen molar-refractivity contribution in [2.75, 3.05) is 27.3 Å². The summed E-state index contributed by atoms with van der Waals surface area (Å²) >= 11 is 0. The summed E-state index contributed by atoms with van der Waals surface area (Å²) < 4.78 is 30.9. The van der Waals surface area contributed by atoms with E-state index in [1.54, 1.807) is 46.8 Å². The van der Waals surface area contributed by atoms with Gasteiger partial charge in [0.25, 0.3) is 0 Å². The Morgan fingerprint density at radius 1 is 0.933 bits per heavy atom. The van der Waals surface area contributed by atoms with Gasteiger partial charge >= 0.3 is 11.9 Å². The van der Waals surface area contributed by atoms with Gasteiger partial charge in [-0.05, 0) is 78.7 Å². The minimum Gasteiger partial charge on any atom is -0.493 e. The molecule has 0 aliphatic carbocycles. The quantitative estimate of drug-likeness (QED) is 0.121. The summed E-state index contributed by atoms with van der Waals surface area (Å²) in [5.74, 6) is -4.19. The van der Waals surface area contributed by atoms with Crippen LogP contribution >= 0.6 is 0 Å². The molecule has 2 aliphatic rings. The van der Waals surface area contributed by atoms with Crippen LogP contribution in [0.25, 0.3) is 0 Å². The Hall–Kier alpha value is -3.63. The molecule has 0 radical (unpaired) electrons. The number of rotatable bonds is 13. The van der Waals surface area contributed by atoms with Gasteiger partial charge in [-0.3, -0.25) is 9.59 Å². The topological polar surface area (TPSA) is 186 Å². The lowest BCUT2D eigenvalue weighted by atomic mass is 9.73. The van der Waals surface area contributed by atoms with Crippen molar-refractivity contribution in [2.45, 2.75) is 148 Å². The normalized spacial score (nSPS) is 36.6. The van der Waals surface area contributed by atoms with Crippen LogP contribution in [0, 0.1) is 23.7 Å². The first kappa shape index (κ1) is 49.0. The number of hydrogen-bond acceptors (Lipinski definition) is 14. The molecule has 14 heteroatoms. The summed E-state index contributed by atoms with van der Waals surface area (Å²) in [4.78, 5) is 35.6. The summed E-state index contributed by atoms with van der Waals surface area (Å²) in [5, 5.41) is 52.7. The van der Waals surface area contributed by atoms with Gasteiger partial charge in [-0.2, -0.15) is 0 Å². The fraction of sp³-hybridized carbons (Fsp3) is 0.674. The number of benzene rings is 2. The van der Waals surface area contributed by atoms with Crippen molar-refractivity contribution >= 4 is 17.7 Å². The van der Waals surface area contributed by atoms with Gasteiger partial charge in [0.05, 0.1) is 48.6 Å². The molecule has 1 unspecified atom stereocenters. The molecule has 2 heterocycles. The number of carbonyl (C=O) groups excluding carboxylic acids is 2. The van der Waals surface area contributed by atoms with Crippen LogP contribution in [-0.4, -0.2) is 130 Å². The summed E-state index contributed by atoms with van der Waals surface area (Å²) in [7, 11) is 3.71. The lowest BCUT2D eigenvalue weighted by Crippen LogP contribution is -2.60. The lowest BCUT2D eigenvalue weighted by molar-refractivity contribution is -0.299. The van der Waals surface area contributed by atoms with Crippen molar-refractivity contribution in [3.63, 3.8) is 0 Å². The Morgan fingerprint density at radius 3 is 2.18 bits per heavy atom. The minimum atomic E-state index is -1.97. The van der Waals surface area contributed by atoms with Crippen LogP contribution in [-0.2, 0) is 39.8 Å². The maximum Gasteiger partial charge on any atom is 0.312 e. The van der Waals surface area contributed by atoms with Gasteiger partial charge in [-0.15, -0.1) is 0 Å². The average molecular weight is 843 g/mol. The molecule has 2 saturated heterocycles. The van der Waals surface area contributed by atoms with E-state index in [2.05, 4.69) is 5.16 Å². The zero-order valence-electron chi connectivity index (χ0n) is 37.1. The van der Waals surface area contributed by atoms with Gasteiger partial charge in [-0.1, -0.05) is 81.4 Å². The summed E-state index contributed by atoms with van der Waals surface area (Å²) in [6.45, 7) is 13.9. The average Bonchev–Trinajstić information content (AvgIpc) is 3.20. The molecule has 0 bridgehead atoms. The second-order valence-corrected chi connectivity index (χ2v) is 17.5. The highest BCUT2D eigenvalue weighted by Crippen LogP contribution is 2.39. The number of hydrogen-bond donors (Lipinski definition) is 4. The van der Waals surface area contributed by atoms with Crippen LogP contribution in [0.15, 0.2) is 65.8 Å². The van der Waals surface area contributed by atoms with E-state index >= 15 is 0 Å². The lowest BCUT2D eigenvalue weighted by Gasteiger charge is -2.47. The van der Waals surface area contributed by atoms with E-state index < -0.39 is 83.6 Å². The number of ether oxygens (including phenoxy) is 5. The fourth-order valence-corrected chi connectivity index (χ4v) is 8.70. The van der Waals surface area contributed by atoms with Crippen LogP contribution < -0.4 is 4.74 Å². The zero-order valence-corrected chi connectivity index (χ0v) is 37.1. The van der Waals surface area contributed by atoms with Crippen molar-refractivity contribution in [1.29, 1.82) is 0 Å². The first-order valence-electron chi connectivity index (χ1n) is 21.4. The minimum absolute atomic E-state index is 0.0310. The van der Waals surface area contributed by atoms with Crippen molar-refractivity contribution in [3.8, 4) is 5.75 Å². The number of aliphatic hydroxyl groups excluding tert-OH is 2. The molecule has 2 aliphatic heterocycles. The molecule has 2 aromatic rings. The van der Waals surface area contributed by atoms with Gasteiger partial charge in [-0.25, -0.2) is 0 Å². The first-order chi connectivity index (χ1) is 28.3. The molecule has 0 amide bonds. The van der Waals surface area contributed by atoms with Crippen LogP contribution in [0.5, 0.6) is 5.75 Å². The molecular formula is C46H70N2O12. The molecule has 2 aromatic carbocycles. The van der Waals surface area contributed by atoms with Crippen molar-refractivity contribution in [2.24, 2.45) is 28.8 Å². The van der Waals surface area contributed by atoms with E-state index in [0.717, 1.165) is 5.75 Å². The molecule has 60 heavy (non-hydrogen) atoms. The number of para-hydroxylation sites is 1. The van der Waals surface area contributed by atoms with Crippen LogP contribution in [0.1, 0.15) is 86.6 Å². The summed E-state index contributed by atoms with van der Waals surface area (Å²) in [6.07, 6.45) is -6.72. The molecule has 0 saturated carbocycles. The van der Waals surface area contributed by atoms with Crippen LogP contribution in [0.4, 0.5) is 0 Å². The number of oxime groups is 1. The highest BCUT2D eigenvalue weighted by molar-refractivity contribution is 5.88. The van der Waals surface area contributed by atoms with E-state index in [4.69, 9.17) is 28.5 Å². The van der Waals surface area contributed by atoms with Gasteiger partial charge in [0.2, 0.25) is 0 Å². The zero-order chi connectivity index (χ0) is 44.4. The predicted molar refractivity (Wildman–Crippen MR) is 226 cm³/mol.